The maximum absolute atomic E-state index is 13.1. The summed E-state index contributed by atoms with van der Waals surface area (Å²) in [6, 6.07) is 14.5. The maximum atomic E-state index is 13.1. The summed E-state index contributed by atoms with van der Waals surface area (Å²) in [6.07, 6.45) is 1.43. The average Bonchev–Trinajstić information content (AvgIpc) is 3.25. The molecule has 0 aliphatic carbocycles. The van der Waals surface area contributed by atoms with E-state index in [4.69, 9.17) is 4.42 Å². The zero-order chi connectivity index (χ0) is 21.1. The number of carbonyl (C=O) groups excluding carboxylic acids is 1. The molecule has 0 bridgehead atoms. The number of nitrogens with zero attached hydrogens (tertiary/aromatic N) is 3. The normalized spacial score (nSPS) is 15.8. The summed E-state index contributed by atoms with van der Waals surface area (Å²) in [5.74, 6) is 0.176. The third-order valence-corrected chi connectivity index (χ3v) is 5.58. The van der Waals surface area contributed by atoms with E-state index in [0.717, 1.165) is 11.1 Å². The Bertz CT molecular complexity index is 993. The second-order valence-electron chi connectivity index (χ2n) is 7.80. The van der Waals surface area contributed by atoms with Crippen molar-refractivity contribution in [3.05, 3.63) is 65.5 Å². The third kappa shape index (κ3) is 4.50. The molecule has 4 rings (SSSR count). The summed E-state index contributed by atoms with van der Waals surface area (Å²) >= 11 is 0. The number of benzene rings is 2. The molecule has 1 amide bonds. The van der Waals surface area contributed by atoms with Gasteiger partial charge in [0, 0.05) is 24.6 Å². The molecular weight excluding hydrogens is 383 g/mol. The Balaban J connectivity index is 1.32. The van der Waals surface area contributed by atoms with Crippen LogP contribution in [0.5, 0.6) is 0 Å². The van der Waals surface area contributed by atoms with Crippen LogP contribution in [0.2, 0.25) is 0 Å². The average molecular weight is 408 g/mol. The van der Waals surface area contributed by atoms with Gasteiger partial charge in [0.25, 0.3) is 0 Å². The van der Waals surface area contributed by atoms with E-state index < -0.39 is 0 Å². The Labute approximate surface area is 175 Å². The molecule has 6 nitrogen and oxygen atoms in total. The molecule has 1 aliphatic heterocycles. The topological polar surface area (TPSA) is 71.3 Å². The highest BCUT2D eigenvalue weighted by Gasteiger charge is 2.28. The number of hydrogen-bond acceptors (Lipinski definition) is 5. The molecule has 1 saturated heterocycles. The number of hydrogen-bond donors (Lipinski definition) is 1. The molecule has 0 spiro atoms. The smallest absolute Gasteiger partial charge is 0.318 e. The number of amides is 1. The molecule has 156 valence electrons. The van der Waals surface area contributed by atoms with E-state index in [1.807, 2.05) is 43.0 Å². The monoisotopic (exact) mass is 408 g/mol. The lowest BCUT2D eigenvalue weighted by molar-refractivity contribution is -0.126. The fourth-order valence-corrected chi connectivity index (χ4v) is 3.66. The molecule has 1 atom stereocenters. The van der Waals surface area contributed by atoms with Gasteiger partial charge in [-0.3, -0.25) is 4.79 Å². The molecule has 30 heavy (non-hydrogen) atoms. The van der Waals surface area contributed by atoms with Crippen LogP contribution in [0.25, 0.3) is 11.5 Å². The molecule has 1 fully saturated rings. The summed E-state index contributed by atoms with van der Waals surface area (Å²) in [5, 5.41) is 11.4. The molecule has 3 aromatic rings. The Kier molecular flexibility index (Phi) is 5.79. The van der Waals surface area contributed by atoms with E-state index in [-0.39, 0.29) is 23.7 Å². The summed E-state index contributed by atoms with van der Waals surface area (Å²) in [4.78, 5) is 14.7. The second kappa shape index (κ2) is 8.65. The highest BCUT2D eigenvalue weighted by molar-refractivity contribution is 5.79. The van der Waals surface area contributed by atoms with Crippen LogP contribution in [0.1, 0.15) is 36.9 Å². The van der Waals surface area contributed by atoms with Crippen molar-refractivity contribution in [1.82, 2.24) is 15.5 Å². The first-order valence-corrected chi connectivity index (χ1v) is 10.2. The quantitative estimate of drug-likeness (QED) is 0.682. The van der Waals surface area contributed by atoms with Gasteiger partial charge in [0.1, 0.15) is 5.82 Å². The molecule has 1 N–H and O–H groups in total. The van der Waals surface area contributed by atoms with Crippen LogP contribution in [0.4, 0.5) is 10.4 Å². The standard InChI is InChI=1S/C23H25FN4O2/c1-15-3-5-19(6-4-15)22-26-27-23(30-22)28-13-11-18(12-14-28)21(29)25-16(2)17-7-9-20(24)10-8-17/h3-10,16,18H,11-14H2,1-2H3,(H,25,29)/t16-/m1/s1. The molecule has 1 aromatic heterocycles. The van der Waals surface area contributed by atoms with Crippen molar-refractivity contribution >= 4 is 11.9 Å². The highest BCUT2D eigenvalue weighted by Crippen LogP contribution is 2.26. The number of aromatic nitrogens is 2. The van der Waals surface area contributed by atoms with E-state index in [9.17, 15) is 9.18 Å². The molecule has 0 radical (unpaired) electrons. The SMILES string of the molecule is Cc1ccc(-c2nnc(N3CCC(C(=O)N[C@H](C)c4ccc(F)cc4)CC3)o2)cc1. The van der Waals surface area contributed by atoms with E-state index in [2.05, 4.69) is 15.5 Å². The summed E-state index contributed by atoms with van der Waals surface area (Å²) in [5.41, 5.74) is 2.95. The summed E-state index contributed by atoms with van der Waals surface area (Å²) in [7, 11) is 0. The first kappa shape index (κ1) is 20.1. The Hall–Kier alpha value is -3.22. The minimum atomic E-state index is -0.281. The van der Waals surface area contributed by atoms with Gasteiger partial charge in [-0.1, -0.05) is 34.9 Å². The van der Waals surface area contributed by atoms with Crippen molar-refractivity contribution in [2.24, 2.45) is 5.92 Å². The van der Waals surface area contributed by atoms with E-state index in [1.165, 1.54) is 17.7 Å². The van der Waals surface area contributed by atoms with E-state index in [0.29, 0.717) is 37.8 Å². The highest BCUT2D eigenvalue weighted by atomic mass is 19.1. The van der Waals surface area contributed by atoms with Crippen molar-refractivity contribution < 1.29 is 13.6 Å². The molecule has 2 heterocycles. The lowest BCUT2D eigenvalue weighted by Crippen LogP contribution is -2.41. The van der Waals surface area contributed by atoms with Crippen molar-refractivity contribution in [3.8, 4) is 11.5 Å². The fraction of sp³-hybridized carbons (Fsp3) is 0.348. The van der Waals surface area contributed by atoms with Gasteiger partial charge >= 0.3 is 6.01 Å². The van der Waals surface area contributed by atoms with Gasteiger partial charge in [0.15, 0.2) is 0 Å². The summed E-state index contributed by atoms with van der Waals surface area (Å²) in [6.45, 7) is 5.30. The van der Waals surface area contributed by atoms with Crippen LogP contribution in [0.3, 0.4) is 0 Å². The van der Waals surface area contributed by atoms with E-state index in [1.54, 1.807) is 12.1 Å². The number of anilines is 1. The Morgan fingerprint density at radius 1 is 1.10 bits per heavy atom. The molecule has 1 aliphatic rings. The molecule has 0 saturated carbocycles. The predicted octanol–water partition coefficient (Wildman–Crippen LogP) is 4.28. The fourth-order valence-electron chi connectivity index (χ4n) is 3.66. The Morgan fingerprint density at radius 2 is 1.77 bits per heavy atom. The molecule has 7 heteroatoms. The van der Waals surface area contributed by atoms with Crippen LogP contribution >= 0.6 is 0 Å². The van der Waals surface area contributed by atoms with Crippen molar-refractivity contribution in [2.75, 3.05) is 18.0 Å². The number of carbonyl (C=O) groups is 1. The van der Waals surface area contributed by atoms with Crippen LogP contribution in [0.15, 0.2) is 52.9 Å². The Morgan fingerprint density at radius 3 is 2.43 bits per heavy atom. The van der Waals surface area contributed by atoms with E-state index >= 15 is 0 Å². The molecule has 0 unspecified atom stereocenters. The van der Waals surface area contributed by atoms with Gasteiger partial charge in [-0.25, -0.2) is 4.39 Å². The van der Waals surface area contributed by atoms with Crippen LogP contribution in [0, 0.1) is 18.7 Å². The summed E-state index contributed by atoms with van der Waals surface area (Å²) < 4.78 is 18.9. The van der Waals surface area contributed by atoms with Crippen LogP contribution in [-0.4, -0.2) is 29.2 Å². The number of aryl methyl sites for hydroxylation is 1. The molecule has 2 aromatic carbocycles. The zero-order valence-corrected chi connectivity index (χ0v) is 17.1. The van der Waals surface area contributed by atoms with Gasteiger partial charge in [-0.2, -0.15) is 0 Å². The number of rotatable bonds is 5. The predicted molar refractivity (Wildman–Crippen MR) is 112 cm³/mol. The molecular formula is C23H25FN4O2. The lowest BCUT2D eigenvalue weighted by atomic mass is 9.95. The number of piperidine rings is 1. The number of halogens is 1. The first-order valence-electron chi connectivity index (χ1n) is 10.2. The first-order chi connectivity index (χ1) is 14.5. The minimum absolute atomic E-state index is 0.0253. The number of nitrogens with one attached hydrogen (secondary N) is 1. The van der Waals surface area contributed by atoms with Crippen molar-refractivity contribution in [3.63, 3.8) is 0 Å². The minimum Gasteiger partial charge on any atom is -0.403 e. The largest absolute Gasteiger partial charge is 0.403 e. The zero-order valence-electron chi connectivity index (χ0n) is 17.1. The second-order valence-corrected chi connectivity index (χ2v) is 7.80. The van der Waals surface area contributed by atoms with Gasteiger partial charge in [-0.15, -0.1) is 5.10 Å². The van der Waals surface area contributed by atoms with Gasteiger partial charge in [-0.05, 0) is 56.5 Å². The van der Waals surface area contributed by atoms with Crippen LogP contribution in [-0.2, 0) is 4.79 Å². The van der Waals surface area contributed by atoms with Crippen molar-refractivity contribution in [2.45, 2.75) is 32.7 Å². The third-order valence-electron chi connectivity index (χ3n) is 5.58. The van der Waals surface area contributed by atoms with Crippen LogP contribution < -0.4 is 10.2 Å². The van der Waals surface area contributed by atoms with Gasteiger partial charge < -0.3 is 14.6 Å². The van der Waals surface area contributed by atoms with Gasteiger partial charge in [0.05, 0.1) is 6.04 Å². The van der Waals surface area contributed by atoms with Crippen molar-refractivity contribution in [1.29, 1.82) is 0 Å². The maximum Gasteiger partial charge on any atom is 0.318 e. The lowest BCUT2D eigenvalue weighted by Gasteiger charge is -2.30. The van der Waals surface area contributed by atoms with Gasteiger partial charge in [0.2, 0.25) is 11.8 Å².